The minimum absolute atomic E-state index is 0.256. The van der Waals surface area contributed by atoms with E-state index in [2.05, 4.69) is 41.5 Å². The van der Waals surface area contributed by atoms with Crippen molar-refractivity contribution in [3.8, 4) is 0 Å². The molecule has 0 amide bonds. The lowest BCUT2D eigenvalue weighted by atomic mass is 9.91. The van der Waals surface area contributed by atoms with Crippen LogP contribution in [0.5, 0.6) is 0 Å². The van der Waals surface area contributed by atoms with Crippen LogP contribution in [-0.4, -0.2) is 26.4 Å². The first-order chi connectivity index (χ1) is 7.21. The Morgan fingerprint density at radius 1 is 0.688 bits per heavy atom. The van der Waals surface area contributed by atoms with Crippen molar-refractivity contribution < 1.29 is 9.47 Å². The minimum atomic E-state index is 0.256. The van der Waals surface area contributed by atoms with E-state index in [1.807, 2.05) is 0 Å². The third-order valence-electron chi connectivity index (χ3n) is 2.12. The molecule has 0 atom stereocenters. The second-order valence-corrected chi connectivity index (χ2v) is 6.89. The Labute approximate surface area is 102 Å². The van der Waals surface area contributed by atoms with Crippen molar-refractivity contribution in [2.75, 3.05) is 26.4 Å². The molecular formula is C14H30O2. The van der Waals surface area contributed by atoms with Crippen LogP contribution in [0.25, 0.3) is 0 Å². The molecule has 0 aromatic carbocycles. The van der Waals surface area contributed by atoms with Crippen LogP contribution < -0.4 is 0 Å². The van der Waals surface area contributed by atoms with Gasteiger partial charge in [-0.25, -0.2) is 0 Å². The maximum absolute atomic E-state index is 5.52. The van der Waals surface area contributed by atoms with Gasteiger partial charge in [0.2, 0.25) is 0 Å². The Morgan fingerprint density at radius 2 is 1.25 bits per heavy atom. The Hall–Kier alpha value is -0.0800. The highest BCUT2D eigenvalue weighted by Crippen LogP contribution is 2.20. The van der Waals surface area contributed by atoms with Crippen LogP contribution in [-0.2, 0) is 9.47 Å². The minimum Gasteiger partial charge on any atom is -0.379 e. The SMILES string of the molecule is CC(C)(C)CCCOCCOCC(C)(C)C. The summed E-state index contributed by atoms with van der Waals surface area (Å²) in [5, 5.41) is 0. The third-order valence-corrected chi connectivity index (χ3v) is 2.12. The van der Waals surface area contributed by atoms with E-state index in [0.717, 1.165) is 26.2 Å². The zero-order chi connectivity index (χ0) is 12.7. The fourth-order valence-electron chi connectivity index (χ4n) is 1.30. The van der Waals surface area contributed by atoms with E-state index in [1.54, 1.807) is 0 Å². The first-order valence-corrected chi connectivity index (χ1v) is 6.36. The Morgan fingerprint density at radius 3 is 1.75 bits per heavy atom. The summed E-state index contributed by atoms with van der Waals surface area (Å²) < 4.78 is 11.0. The molecular weight excluding hydrogens is 200 g/mol. The summed E-state index contributed by atoms with van der Waals surface area (Å²) in [6.45, 7) is 16.4. The number of hydrogen-bond acceptors (Lipinski definition) is 2. The van der Waals surface area contributed by atoms with Gasteiger partial charge in [0.25, 0.3) is 0 Å². The number of rotatable bonds is 7. The highest BCUT2D eigenvalue weighted by Gasteiger charge is 2.10. The van der Waals surface area contributed by atoms with Gasteiger partial charge in [0, 0.05) is 6.61 Å². The van der Waals surface area contributed by atoms with Crippen LogP contribution in [0.1, 0.15) is 54.4 Å². The van der Waals surface area contributed by atoms with E-state index >= 15 is 0 Å². The molecule has 0 spiro atoms. The lowest BCUT2D eigenvalue weighted by Crippen LogP contribution is -2.17. The summed E-state index contributed by atoms with van der Waals surface area (Å²) >= 11 is 0. The largest absolute Gasteiger partial charge is 0.379 e. The molecule has 0 aliphatic rings. The van der Waals surface area contributed by atoms with Gasteiger partial charge in [0.05, 0.1) is 19.8 Å². The first-order valence-electron chi connectivity index (χ1n) is 6.36. The molecule has 0 aromatic heterocycles. The van der Waals surface area contributed by atoms with Crippen molar-refractivity contribution >= 4 is 0 Å². The monoisotopic (exact) mass is 230 g/mol. The Balaban J connectivity index is 3.17. The summed E-state index contributed by atoms with van der Waals surface area (Å²) in [5.74, 6) is 0. The zero-order valence-corrected chi connectivity index (χ0v) is 12.1. The van der Waals surface area contributed by atoms with E-state index in [4.69, 9.17) is 9.47 Å². The van der Waals surface area contributed by atoms with Gasteiger partial charge >= 0.3 is 0 Å². The van der Waals surface area contributed by atoms with Gasteiger partial charge in [0.1, 0.15) is 0 Å². The molecule has 0 saturated heterocycles. The number of ether oxygens (including phenoxy) is 2. The molecule has 0 rings (SSSR count). The second-order valence-electron chi connectivity index (χ2n) is 6.89. The zero-order valence-electron chi connectivity index (χ0n) is 12.1. The third kappa shape index (κ3) is 13.9. The summed E-state index contributed by atoms with van der Waals surface area (Å²) in [6.07, 6.45) is 2.36. The predicted octanol–water partition coefficient (Wildman–Crippen LogP) is 3.89. The quantitative estimate of drug-likeness (QED) is 0.618. The topological polar surface area (TPSA) is 18.5 Å². The molecule has 0 aliphatic heterocycles. The molecule has 2 nitrogen and oxygen atoms in total. The number of hydrogen-bond donors (Lipinski definition) is 0. The van der Waals surface area contributed by atoms with E-state index < -0.39 is 0 Å². The average molecular weight is 230 g/mol. The van der Waals surface area contributed by atoms with Gasteiger partial charge in [-0.05, 0) is 23.7 Å². The molecule has 0 radical (unpaired) electrons. The van der Waals surface area contributed by atoms with Crippen LogP contribution >= 0.6 is 0 Å². The highest BCUT2D eigenvalue weighted by atomic mass is 16.5. The molecule has 16 heavy (non-hydrogen) atoms. The molecule has 0 N–H and O–H groups in total. The Bertz CT molecular complexity index is 143. The molecule has 0 heterocycles. The van der Waals surface area contributed by atoms with Crippen molar-refractivity contribution in [1.29, 1.82) is 0 Å². The molecule has 0 saturated carbocycles. The lowest BCUT2D eigenvalue weighted by Gasteiger charge is -2.18. The van der Waals surface area contributed by atoms with E-state index in [1.165, 1.54) is 6.42 Å². The lowest BCUT2D eigenvalue weighted by molar-refractivity contribution is 0.0174. The van der Waals surface area contributed by atoms with E-state index in [-0.39, 0.29) is 5.41 Å². The average Bonchev–Trinajstić information content (AvgIpc) is 2.06. The van der Waals surface area contributed by atoms with E-state index in [0.29, 0.717) is 12.0 Å². The van der Waals surface area contributed by atoms with Gasteiger partial charge in [0.15, 0.2) is 0 Å². The van der Waals surface area contributed by atoms with Crippen molar-refractivity contribution in [1.82, 2.24) is 0 Å². The summed E-state index contributed by atoms with van der Waals surface area (Å²) in [6, 6.07) is 0. The fourth-order valence-corrected chi connectivity index (χ4v) is 1.30. The van der Waals surface area contributed by atoms with Crippen molar-refractivity contribution in [2.24, 2.45) is 10.8 Å². The Kier molecular flexibility index (Phi) is 7.25. The van der Waals surface area contributed by atoms with Crippen molar-refractivity contribution in [3.05, 3.63) is 0 Å². The molecule has 0 unspecified atom stereocenters. The second kappa shape index (κ2) is 7.29. The maximum atomic E-state index is 5.52. The van der Waals surface area contributed by atoms with Gasteiger partial charge in [-0.3, -0.25) is 0 Å². The maximum Gasteiger partial charge on any atom is 0.0700 e. The molecule has 0 aromatic rings. The van der Waals surface area contributed by atoms with Crippen LogP contribution in [0.2, 0.25) is 0 Å². The summed E-state index contributed by atoms with van der Waals surface area (Å²) in [7, 11) is 0. The molecule has 2 heteroatoms. The molecule has 98 valence electrons. The summed E-state index contributed by atoms with van der Waals surface area (Å²) in [5.41, 5.74) is 0.679. The van der Waals surface area contributed by atoms with Crippen LogP contribution in [0.3, 0.4) is 0 Å². The standard InChI is InChI=1S/C14H30O2/c1-13(2,3)8-7-9-15-10-11-16-12-14(4,5)6/h7-12H2,1-6H3. The van der Waals surface area contributed by atoms with Crippen LogP contribution in [0, 0.1) is 10.8 Å². The van der Waals surface area contributed by atoms with Crippen LogP contribution in [0.4, 0.5) is 0 Å². The van der Waals surface area contributed by atoms with Gasteiger partial charge < -0.3 is 9.47 Å². The predicted molar refractivity (Wildman–Crippen MR) is 69.8 cm³/mol. The molecule has 0 bridgehead atoms. The van der Waals surface area contributed by atoms with Gasteiger partial charge in [-0.1, -0.05) is 41.5 Å². The van der Waals surface area contributed by atoms with Gasteiger partial charge in [-0.2, -0.15) is 0 Å². The van der Waals surface area contributed by atoms with Crippen molar-refractivity contribution in [2.45, 2.75) is 54.4 Å². The fraction of sp³-hybridized carbons (Fsp3) is 1.00. The molecule has 0 fully saturated rings. The normalized spacial score (nSPS) is 13.1. The molecule has 0 aliphatic carbocycles. The summed E-state index contributed by atoms with van der Waals surface area (Å²) in [4.78, 5) is 0. The van der Waals surface area contributed by atoms with Crippen molar-refractivity contribution in [3.63, 3.8) is 0 Å². The first kappa shape index (κ1) is 15.9. The smallest absolute Gasteiger partial charge is 0.0700 e. The highest BCUT2D eigenvalue weighted by molar-refractivity contribution is 4.60. The van der Waals surface area contributed by atoms with E-state index in [9.17, 15) is 0 Å². The van der Waals surface area contributed by atoms with Crippen LogP contribution in [0.15, 0.2) is 0 Å². The van der Waals surface area contributed by atoms with Gasteiger partial charge in [-0.15, -0.1) is 0 Å².